The molecular formula is C15H23N3S. The molecular weight excluding hydrogens is 254 g/mol. The van der Waals surface area contributed by atoms with Gasteiger partial charge in [0.05, 0.1) is 0 Å². The van der Waals surface area contributed by atoms with Crippen molar-refractivity contribution < 1.29 is 0 Å². The highest BCUT2D eigenvalue weighted by atomic mass is 32.2. The minimum Gasteiger partial charge on any atom is -0.356 e. The lowest BCUT2D eigenvalue weighted by atomic mass is 10.2. The maximum Gasteiger partial charge on any atom is 0.191 e. The van der Waals surface area contributed by atoms with Crippen LogP contribution in [0.25, 0.3) is 0 Å². The second kappa shape index (κ2) is 6.85. The van der Waals surface area contributed by atoms with E-state index in [1.54, 1.807) is 0 Å². The molecule has 2 rings (SSSR count). The Morgan fingerprint density at radius 2 is 2.05 bits per heavy atom. The van der Waals surface area contributed by atoms with Gasteiger partial charge in [0, 0.05) is 30.3 Å². The second-order valence-corrected chi connectivity index (χ2v) is 6.29. The quantitative estimate of drug-likeness (QED) is 0.376. The fraction of sp³-hybridized carbons (Fsp3) is 0.533. The van der Waals surface area contributed by atoms with Gasteiger partial charge in [0.1, 0.15) is 0 Å². The Kier molecular flexibility index (Phi) is 5.14. The van der Waals surface area contributed by atoms with Gasteiger partial charge >= 0.3 is 0 Å². The molecule has 1 aromatic rings. The summed E-state index contributed by atoms with van der Waals surface area (Å²) >= 11 is 1.87. The lowest BCUT2D eigenvalue weighted by Gasteiger charge is -2.11. The zero-order valence-electron chi connectivity index (χ0n) is 11.9. The second-order valence-electron chi connectivity index (χ2n) is 5.12. The van der Waals surface area contributed by atoms with Crippen molar-refractivity contribution in [2.45, 2.75) is 31.2 Å². The van der Waals surface area contributed by atoms with E-state index in [0.29, 0.717) is 6.04 Å². The number of benzene rings is 1. The predicted molar refractivity (Wildman–Crippen MR) is 84.0 cm³/mol. The molecule has 1 aromatic carbocycles. The molecule has 1 fully saturated rings. The summed E-state index contributed by atoms with van der Waals surface area (Å²) in [5, 5.41) is 6.79. The molecule has 1 aliphatic carbocycles. The van der Waals surface area contributed by atoms with Crippen LogP contribution < -0.4 is 10.6 Å². The first kappa shape index (κ1) is 14.3. The monoisotopic (exact) mass is 277 g/mol. The van der Waals surface area contributed by atoms with Gasteiger partial charge in [0.2, 0.25) is 0 Å². The summed E-state index contributed by atoms with van der Waals surface area (Å²) in [7, 11) is 1.83. The number of hydrogen-bond acceptors (Lipinski definition) is 2. The van der Waals surface area contributed by atoms with Crippen molar-refractivity contribution in [3.63, 3.8) is 0 Å². The van der Waals surface area contributed by atoms with E-state index < -0.39 is 0 Å². The lowest BCUT2D eigenvalue weighted by molar-refractivity contribution is 0.775. The number of nitrogens with one attached hydrogen (secondary N) is 2. The Labute approximate surface area is 120 Å². The van der Waals surface area contributed by atoms with E-state index >= 15 is 0 Å². The Bertz CT molecular complexity index is 428. The normalized spacial score (nSPS) is 22.2. The third-order valence-electron chi connectivity index (χ3n) is 3.34. The van der Waals surface area contributed by atoms with Gasteiger partial charge in [-0.15, -0.1) is 11.8 Å². The molecule has 0 bridgehead atoms. The van der Waals surface area contributed by atoms with Gasteiger partial charge in [-0.05, 0) is 31.4 Å². The van der Waals surface area contributed by atoms with Crippen LogP contribution in [-0.2, 0) is 0 Å². The highest BCUT2D eigenvalue weighted by Crippen LogP contribution is 2.28. The van der Waals surface area contributed by atoms with Gasteiger partial charge in [-0.25, -0.2) is 0 Å². The molecule has 0 amide bonds. The summed E-state index contributed by atoms with van der Waals surface area (Å²) in [6.07, 6.45) is 1.26. The van der Waals surface area contributed by atoms with Gasteiger partial charge in [-0.1, -0.05) is 24.6 Å². The third kappa shape index (κ3) is 4.78. The van der Waals surface area contributed by atoms with Gasteiger partial charge < -0.3 is 10.6 Å². The third-order valence-corrected chi connectivity index (χ3v) is 4.35. The van der Waals surface area contributed by atoms with Gasteiger partial charge in [-0.3, -0.25) is 4.99 Å². The molecule has 0 radical (unpaired) electrons. The topological polar surface area (TPSA) is 36.4 Å². The molecule has 2 N–H and O–H groups in total. The van der Waals surface area contributed by atoms with E-state index in [0.717, 1.165) is 24.2 Å². The van der Waals surface area contributed by atoms with Crippen LogP contribution in [0.4, 0.5) is 0 Å². The predicted octanol–water partition coefficient (Wildman–Crippen LogP) is 2.66. The van der Waals surface area contributed by atoms with E-state index in [4.69, 9.17) is 0 Å². The zero-order chi connectivity index (χ0) is 13.7. The van der Waals surface area contributed by atoms with Gasteiger partial charge in [0.25, 0.3) is 0 Å². The first-order chi connectivity index (χ1) is 9.19. The fourth-order valence-electron chi connectivity index (χ4n) is 1.87. The first-order valence-corrected chi connectivity index (χ1v) is 7.84. The average Bonchev–Trinajstić information content (AvgIpc) is 3.11. The summed E-state index contributed by atoms with van der Waals surface area (Å²) in [5.41, 5.74) is 1.31. The van der Waals surface area contributed by atoms with E-state index in [1.165, 1.54) is 16.9 Å². The molecule has 4 heteroatoms. The number of guanidine groups is 1. The molecule has 0 spiro atoms. The van der Waals surface area contributed by atoms with Gasteiger partial charge in [-0.2, -0.15) is 0 Å². The van der Waals surface area contributed by atoms with Crippen molar-refractivity contribution >= 4 is 17.7 Å². The molecule has 3 nitrogen and oxygen atoms in total. The molecule has 19 heavy (non-hydrogen) atoms. The molecule has 0 aromatic heterocycles. The number of hydrogen-bond donors (Lipinski definition) is 2. The van der Waals surface area contributed by atoms with Crippen molar-refractivity contribution in [1.29, 1.82) is 0 Å². The Morgan fingerprint density at radius 1 is 1.37 bits per heavy atom. The van der Waals surface area contributed by atoms with Crippen LogP contribution >= 0.6 is 11.8 Å². The Balaban J connectivity index is 1.64. The standard InChI is InChI=1S/C15H23N3S/c1-11-4-6-13(7-5-11)19-9-8-17-15(16-3)18-14-10-12(14)2/h4-7,12,14H,8-10H2,1-3H3,(H2,16,17,18). The maximum absolute atomic E-state index is 4.24. The van der Waals surface area contributed by atoms with E-state index in [-0.39, 0.29) is 0 Å². The summed E-state index contributed by atoms with van der Waals surface area (Å²) in [5.74, 6) is 2.77. The van der Waals surface area contributed by atoms with Crippen LogP contribution in [0, 0.1) is 12.8 Å². The Hall–Kier alpha value is -1.16. The smallest absolute Gasteiger partial charge is 0.191 e. The number of aliphatic imine (C=N–C) groups is 1. The average molecular weight is 277 g/mol. The van der Waals surface area contributed by atoms with Crippen molar-refractivity contribution in [2.75, 3.05) is 19.3 Å². The van der Waals surface area contributed by atoms with Crippen LogP contribution in [0.15, 0.2) is 34.2 Å². The highest BCUT2D eigenvalue weighted by molar-refractivity contribution is 7.99. The SMILES string of the molecule is CN=C(NCCSc1ccc(C)cc1)NC1CC1C. The summed E-state index contributed by atoms with van der Waals surface area (Å²) in [4.78, 5) is 5.57. The molecule has 2 unspecified atom stereocenters. The molecule has 0 aliphatic heterocycles. The van der Waals surface area contributed by atoms with Crippen molar-refractivity contribution in [2.24, 2.45) is 10.9 Å². The number of nitrogens with zero attached hydrogens (tertiary/aromatic N) is 1. The van der Waals surface area contributed by atoms with E-state index in [9.17, 15) is 0 Å². The number of rotatable bonds is 5. The highest BCUT2D eigenvalue weighted by Gasteiger charge is 2.33. The summed E-state index contributed by atoms with van der Waals surface area (Å²) in [6.45, 7) is 5.31. The van der Waals surface area contributed by atoms with Gasteiger partial charge in [0.15, 0.2) is 5.96 Å². The number of thioether (sulfide) groups is 1. The molecule has 0 heterocycles. The summed E-state index contributed by atoms with van der Waals surface area (Å²) < 4.78 is 0. The van der Waals surface area contributed by atoms with Crippen molar-refractivity contribution in [1.82, 2.24) is 10.6 Å². The maximum atomic E-state index is 4.24. The zero-order valence-corrected chi connectivity index (χ0v) is 12.8. The Morgan fingerprint density at radius 3 is 2.63 bits per heavy atom. The van der Waals surface area contributed by atoms with Crippen LogP contribution in [0.1, 0.15) is 18.9 Å². The van der Waals surface area contributed by atoms with Crippen molar-refractivity contribution in [3.05, 3.63) is 29.8 Å². The van der Waals surface area contributed by atoms with Crippen molar-refractivity contribution in [3.8, 4) is 0 Å². The number of aryl methyl sites for hydroxylation is 1. The van der Waals surface area contributed by atoms with Crippen LogP contribution in [0.3, 0.4) is 0 Å². The molecule has 104 valence electrons. The minimum atomic E-state index is 0.621. The lowest BCUT2D eigenvalue weighted by Crippen LogP contribution is -2.40. The molecule has 1 aliphatic rings. The van der Waals surface area contributed by atoms with Crippen LogP contribution in [0.5, 0.6) is 0 Å². The van der Waals surface area contributed by atoms with Crippen LogP contribution in [0.2, 0.25) is 0 Å². The molecule has 2 atom stereocenters. The van der Waals surface area contributed by atoms with Crippen LogP contribution in [-0.4, -0.2) is 31.3 Å². The minimum absolute atomic E-state index is 0.621. The molecule has 1 saturated carbocycles. The summed E-state index contributed by atoms with van der Waals surface area (Å²) in [6, 6.07) is 9.30. The largest absolute Gasteiger partial charge is 0.356 e. The molecule has 0 saturated heterocycles. The van der Waals surface area contributed by atoms with E-state index in [2.05, 4.69) is 53.7 Å². The first-order valence-electron chi connectivity index (χ1n) is 6.85. The fourth-order valence-corrected chi connectivity index (χ4v) is 2.63. The van der Waals surface area contributed by atoms with E-state index in [1.807, 2.05) is 18.8 Å².